The summed E-state index contributed by atoms with van der Waals surface area (Å²) in [6.07, 6.45) is 1.30. The molecule has 0 radical (unpaired) electrons. The quantitative estimate of drug-likeness (QED) is 0.544. The fourth-order valence-electron chi connectivity index (χ4n) is 1.02. The molecule has 0 aromatic heterocycles. The lowest BCUT2D eigenvalue weighted by molar-refractivity contribution is -0.142. The second-order valence-electron chi connectivity index (χ2n) is 3.16. The van der Waals surface area contributed by atoms with E-state index in [0.29, 0.717) is 11.3 Å². The molecule has 7 nitrogen and oxygen atoms in total. The van der Waals surface area contributed by atoms with Crippen LogP contribution >= 0.6 is 0 Å². The van der Waals surface area contributed by atoms with E-state index in [2.05, 4.69) is 9.99 Å². The molecule has 0 aliphatic carbocycles. The molecule has 18 heavy (non-hydrogen) atoms. The van der Waals surface area contributed by atoms with Gasteiger partial charge >= 0.3 is 11.9 Å². The van der Waals surface area contributed by atoms with Gasteiger partial charge in [-0.25, -0.2) is 9.59 Å². The first-order valence-electron chi connectivity index (χ1n) is 4.89. The van der Waals surface area contributed by atoms with Crippen molar-refractivity contribution in [1.82, 2.24) is 0 Å². The van der Waals surface area contributed by atoms with Crippen molar-refractivity contribution in [3.05, 3.63) is 29.8 Å². The Morgan fingerprint density at radius 2 is 1.94 bits per heavy atom. The molecule has 96 valence electrons. The van der Waals surface area contributed by atoms with Gasteiger partial charge in [0.1, 0.15) is 5.75 Å². The summed E-state index contributed by atoms with van der Waals surface area (Å²) in [5.74, 6) is -1.82. The van der Waals surface area contributed by atoms with Gasteiger partial charge in [-0.05, 0) is 17.7 Å². The number of benzene rings is 1. The first-order valence-corrected chi connectivity index (χ1v) is 4.89. The maximum absolute atomic E-state index is 10.3. The predicted molar refractivity (Wildman–Crippen MR) is 60.8 cm³/mol. The Bertz CT molecular complexity index is 457. The van der Waals surface area contributed by atoms with Gasteiger partial charge < -0.3 is 19.8 Å². The van der Waals surface area contributed by atoms with Gasteiger partial charge in [0, 0.05) is 0 Å². The number of carbonyl (C=O) groups is 2. The molecular weight excluding hydrogens is 242 g/mol. The third-order valence-electron chi connectivity index (χ3n) is 1.68. The summed E-state index contributed by atoms with van der Waals surface area (Å²) in [5.41, 5.74) is 0.600. The molecular formula is C11H11NO6. The maximum atomic E-state index is 10.3. The van der Waals surface area contributed by atoms with Crippen LogP contribution < -0.4 is 4.74 Å². The van der Waals surface area contributed by atoms with E-state index in [9.17, 15) is 9.59 Å². The van der Waals surface area contributed by atoms with Crippen molar-refractivity contribution in [2.75, 3.05) is 13.2 Å². The summed E-state index contributed by atoms with van der Waals surface area (Å²) >= 11 is 0. The zero-order valence-electron chi connectivity index (χ0n) is 9.28. The van der Waals surface area contributed by atoms with E-state index in [1.54, 1.807) is 24.3 Å². The third-order valence-corrected chi connectivity index (χ3v) is 1.68. The molecule has 0 fully saturated rings. The van der Waals surface area contributed by atoms with E-state index >= 15 is 0 Å². The number of hydrogen-bond donors (Lipinski definition) is 2. The van der Waals surface area contributed by atoms with Crippen LogP contribution in [0.5, 0.6) is 5.75 Å². The Morgan fingerprint density at radius 1 is 1.22 bits per heavy atom. The van der Waals surface area contributed by atoms with Crippen LogP contribution in [0.3, 0.4) is 0 Å². The minimum Gasteiger partial charge on any atom is -0.482 e. The number of nitrogens with zero attached hydrogens (tertiary/aromatic N) is 1. The van der Waals surface area contributed by atoms with Gasteiger partial charge in [0.05, 0.1) is 6.21 Å². The summed E-state index contributed by atoms with van der Waals surface area (Å²) in [6.45, 7) is -0.957. The Kier molecular flexibility index (Phi) is 5.17. The molecule has 0 unspecified atom stereocenters. The van der Waals surface area contributed by atoms with Crippen molar-refractivity contribution < 1.29 is 29.4 Å². The molecule has 7 heteroatoms. The minimum absolute atomic E-state index is 0.375. The van der Waals surface area contributed by atoms with Gasteiger partial charge in [-0.1, -0.05) is 17.3 Å². The Hall–Kier alpha value is -2.57. The van der Waals surface area contributed by atoms with E-state index in [0.717, 1.165) is 0 Å². The van der Waals surface area contributed by atoms with Gasteiger partial charge in [-0.15, -0.1) is 0 Å². The number of rotatable bonds is 7. The predicted octanol–water partition coefficient (Wildman–Crippen LogP) is 0.585. The zero-order valence-corrected chi connectivity index (χ0v) is 9.28. The van der Waals surface area contributed by atoms with Crippen LogP contribution in [-0.4, -0.2) is 41.6 Å². The first kappa shape index (κ1) is 13.5. The maximum Gasteiger partial charge on any atom is 0.344 e. The number of carboxylic acids is 2. The monoisotopic (exact) mass is 253 g/mol. The third kappa shape index (κ3) is 5.50. The number of ether oxygens (including phenoxy) is 1. The number of hydrogen-bond acceptors (Lipinski definition) is 5. The molecule has 1 aromatic rings. The van der Waals surface area contributed by atoms with E-state index in [4.69, 9.17) is 14.9 Å². The Labute approximate surface area is 102 Å². The second kappa shape index (κ2) is 6.89. The van der Waals surface area contributed by atoms with Gasteiger partial charge in [0.25, 0.3) is 0 Å². The standard InChI is InChI=1S/C11H11NO6/c13-10(14)6-17-9-3-1-2-8(4-9)5-12-18-7-11(15)16/h1-5H,6-7H2,(H,13,14)(H,15,16)/b12-5+. The lowest BCUT2D eigenvalue weighted by atomic mass is 10.2. The van der Waals surface area contributed by atoms with Crippen LogP contribution in [0, 0.1) is 0 Å². The van der Waals surface area contributed by atoms with Crippen LogP contribution in [0.1, 0.15) is 5.56 Å². The van der Waals surface area contributed by atoms with Crippen molar-refractivity contribution >= 4 is 18.2 Å². The van der Waals surface area contributed by atoms with Crippen LogP contribution in [0.25, 0.3) is 0 Å². The largest absolute Gasteiger partial charge is 0.482 e. The van der Waals surface area contributed by atoms with Crippen molar-refractivity contribution in [3.8, 4) is 5.75 Å². The first-order chi connectivity index (χ1) is 8.58. The van der Waals surface area contributed by atoms with Crippen LogP contribution in [0.2, 0.25) is 0 Å². The number of aliphatic carboxylic acids is 2. The van der Waals surface area contributed by atoms with Gasteiger partial charge in [0.2, 0.25) is 6.61 Å². The highest BCUT2D eigenvalue weighted by molar-refractivity contribution is 5.80. The molecule has 0 heterocycles. The molecule has 1 aromatic carbocycles. The molecule has 0 aliphatic rings. The summed E-state index contributed by atoms with van der Waals surface area (Å²) < 4.78 is 4.96. The number of carboxylic acid groups (broad SMARTS) is 2. The summed E-state index contributed by atoms with van der Waals surface area (Å²) in [5, 5.41) is 20.2. The number of oxime groups is 1. The molecule has 0 atom stereocenters. The zero-order chi connectivity index (χ0) is 13.4. The highest BCUT2D eigenvalue weighted by Gasteiger charge is 1.99. The summed E-state index contributed by atoms with van der Waals surface area (Å²) in [4.78, 5) is 24.9. The fraction of sp³-hybridized carbons (Fsp3) is 0.182. The van der Waals surface area contributed by atoms with E-state index in [-0.39, 0.29) is 0 Å². The molecule has 0 amide bonds. The molecule has 0 bridgehead atoms. The molecule has 0 saturated heterocycles. The van der Waals surface area contributed by atoms with Crippen molar-refractivity contribution in [1.29, 1.82) is 0 Å². The smallest absolute Gasteiger partial charge is 0.344 e. The van der Waals surface area contributed by atoms with Crippen LogP contribution in [0.4, 0.5) is 0 Å². The topological polar surface area (TPSA) is 105 Å². The SMILES string of the molecule is O=C(O)CO/N=C/c1cccc(OCC(=O)O)c1. The average molecular weight is 253 g/mol. The van der Waals surface area contributed by atoms with E-state index < -0.39 is 25.2 Å². The average Bonchev–Trinajstić information content (AvgIpc) is 2.32. The van der Waals surface area contributed by atoms with Crippen LogP contribution in [0.15, 0.2) is 29.4 Å². The molecule has 1 rings (SSSR count). The van der Waals surface area contributed by atoms with Crippen molar-refractivity contribution in [3.63, 3.8) is 0 Å². The molecule has 0 saturated carbocycles. The Balaban J connectivity index is 2.53. The minimum atomic E-state index is -1.12. The highest BCUT2D eigenvalue weighted by atomic mass is 16.6. The van der Waals surface area contributed by atoms with Crippen molar-refractivity contribution in [2.24, 2.45) is 5.16 Å². The lowest BCUT2D eigenvalue weighted by Crippen LogP contribution is -2.09. The second-order valence-corrected chi connectivity index (χ2v) is 3.16. The lowest BCUT2D eigenvalue weighted by Gasteiger charge is -2.03. The highest BCUT2D eigenvalue weighted by Crippen LogP contribution is 2.11. The van der Waals surface area contributed by atoms with E-state index in [1.807, 2.05) is 0 Å². The summed E-state index contributed by atoms with van der Waals surface area (Å²) in [6, 6.07) is 6.48. The molecule has 2 N–H and O–H groups in total. The molecule has 0 aliphatic heterocycles. The normalized spacial score (nSPS) is 10.2. The Morgan fingerprint density at radius 3 is 2.61 bits per heavy atom. The van der Waals surface area contributed by atoms with E-state index in [1.165, 1.54) is 6.21 Å². The van der Waals surface area contributed by atoms with Crippen LogP contribution in [-0.2, 0) is 14.4 Å². The van der Waals surface area contributed by atoms with Crippen molar-refractivity contribution in [2.45, 2.75) is 0 Å². The van der Waals surface area contributed by atoms with Gasteiger partial charge in [0.15, 0.2) is 6.61 Å². The van der Waals surface area contributed by atoms with Gasteiger partial charge in [-0.3, -0.25) is 0 Å². The summed E-state index contributed by atoms with van der Waals surface area (Å²) in [7, 11) is 0. The molecule has 0 spiro atoms. The fourth-order valence-corrected chi connectivity index (χ4v) is 1.02. The van der Waals surface area contributed by atoms with Gasteiger partial charge in [-0.2, -0.15) is 0 Å².